The summed E-state index contributed by atoms with van der Waals surface area (Å²) in [6.07, 6.45) is 1.25. The summed E-state index contributed by atoms with van der Waals surface area (Å²) in [5.41, 5.74) is 7.71. The highest BCUT2D eigenvalue weighted by atomic mass is 32.1. The van der Waals surface area contributed by atoms with Crippen molar-refractivity contribution in [3.05, 3.63) is 51.7 Å². The SMILES string of the molecule is Cc1csc(CC(N)Cc2ccccc2F)n1. The van der Waals surface area contributed by atoms with Crippen molar-refractivity contribution in [2.24, 2.45) is 5.73 Å². The first-order valence-corrected chi connectivity index (χ1v) is 6.43. The van der Waals surface area contributed by atoms with Gasteiger partial charge in [0.1, 0.15) is 5.82 Å². The lowest BCUT2D eigenvalue weighted by Gasteiger charge is -2.10. The van der Waals surface area contributed by atoms with Gasteiger partial charge in [0.05, 0.1) is 5.01 Å². The molecule has 0 fully saturated rings. The van der Waals surface area contributed by atoms with Crippen molar-refractivity contribution in [1.29, 1.82) is 0 Å². The number of thiazole rings is 1. The van der Waals surface area contributed by atoms with Gasteiger partial charge in [0.25, 0.3) is 0 Å². The van der Waals surface area contributed by atoms with E-state index in [1.807, 2.05) is 18.4 Å². The van der Waals surface area contributed by atoms with Crippen molar-refractivity contribution < 1.29 is 4.39 Å². The lowest BCUT2D eigenvalue weighted by molar-refractivity contribution is 0.583. The van der Waals surface area contributed by atoms with Gasteiger partial charge in [-0.3, -0.25) is 0 Å². The number of nitrogens with zero attached hydrogens (tertiary/aromatic N) is 1. The topological polar surface area (TPSA) is 38.9 Å². The van der Waals surface area contributed by atoms with Crippen LogP contribution in [0.1, 0.15) is 16.3 Å². The van der Waals surface area contributed by atoms with Gasteiger partial charge in [-0.2, -0.15) is 0 Å². The predicted octanol–water partition coefficient (Wildman–Crippen LogP) is 2.70. The summed E-state index contributed by atoms with van der Waals surface area (Å²) < 4.78 is 13.4. The number of aryl methyl sites for hydroxylation is 1. The second-order valence-electron chi connectivity index (χ2n) is 4.14. The minimum atomic E-state index is -0.182. The summed E-state index contributed by atoms with van der Waals surface area (Å²) in [6, 6.07) is 6.68. The van der Waals surface area contributed by atoms with Gasteiger partial charge in [0.2, 0.25) is 0 Å². The number of rotatable bonds is 4. The van der Waals surface area contributed by atoms with Crippen LogP contribution < -0.4 is 5.73 Å². The highest BCUT2D eigenvalue weighted by molar-refractivity contribution is 7.09. The van der Waals surface area contributed by atoms with Crippen LogP contribution >= 0.6 is 11.3 Å². The van der Waals surface area contributed by atoms with Crippen LogP contribution in [-0.2, 0) is 12.8 Å². The summed E-state index contributed by atoms with van der Waals surface area (Å²) in [4.78, 5) is 4.36. The lowest BCUT2D eigenvalue weighted by atomic mass is 10.0. The molecule has 0 saturated carbocycles. The Hall–Kier alpha value is -1.26. The summed E-state index contributed by atoms with van der Waals surface area (Å²) in [7, 11) is 0. The standard InChI is InChI=1S/C13H15FN2S/c1-9-8-17-13(16-9)7-11(15)6-10-4-2-3-5-12(10)14/h2-5,8,11H,6-7,15H2,1H3. The van der Waals surface area contributed by atoms with Crippen LogP contribution in [0, 0.1) is 12.7 Å². The van der Waals surface area contributed by atoms with Crippen molar-refractivity contribution >= 4 is 11.3 Å². The molecule has 90 valence electrons. The largest absolute Gasteiger partial charge is 0.327 e. The lowest BCUT2D eigenvalue weighted by Crippen LogP contribution is -2.25. The van der Waals surface area contributed by atoms with E-state index >= 15 is 0 Å². The zero-order valence-electron chi connectivity index (χ0n) is 9.69. The molecule has 0 amide bonds. The zero-order valence-corrected chi connectivity index (χ0v) is 10.5. The van der Waals surface area contributed by atoms with E-state index in [1.165, 1.54) is 6.07 Å². The average molecular weight is 250 g/mol. The molecule has 0 aliphatic carbocycles. The molecule has 0 spiro atoms. The fourth-order valence-corrected chi connectivity index (χ4v) is 2.61. The minimum Gasteiger partial charge on any atom is -0.327 e. The number of aromatic nitrogens is 1. The summed E-state index contributed by atoms with van der Waals surface area (Å²) in [6.45, 7) is 1.96. The van der Waals surface area contributed by atoms with Gasteiger partial charge < -0.3 is 5.73 Å². The molecule has 2 rings (SSSR count). The van der Waals surface area contributed by atoms with Crippen molar-refractivity contribution in [2.75, 3.05) is 0 Å². The quantitative estimate of drug-likeness (QED) is 0.906. The monoisotopic (exact) mass is 250 g/mol. The molecule has 1 aromatic heterocycles. The average Bonchev–Trinajstić information content (AvgIpc) is 2.67. The van der Waals surface area contributed by atoms with Crippen molar-refractivity contribution in [1.82, 2.24) is 4.98 Å². The second kappa shape index (κ2) is 5.38. The molecule has 1 atom stereocenters. The Morgan fingerprint density at radius 2 is 2.12 bits per heavy atom. The highest BCUT2D eigenvalue weighted by Crippen LogP contribution is 2.14. The first-order valence-electron chi connectivity index (χ1n) is 5.55. The van der Waals surface area contributed by atoms with Gasteiger partial charge in [0.15, 0.2) is 0 Å². The third kappa shape index (κ3) is 3.35. The summed E-state index contributed by atoms with van der Waals surface area (Å²) in [5.74, 6) is -0.182. The van der Waals surface area contributed by atoms with Crippen LogP contribution in [0.15, 0.2) is 29.6 Å². The van der Waals surface area contributed by atoms with E-state index in [1.54, 1.807) is 23.5 Å². The number of nitrogens with two attached hydrogens (primary N) is 1. The Bertz CT molecular complexity index is 496. The van der Waals surface area contributed by atoms with Crippen molar-refractivity contribution in [3.8, 4) is 0 Å². The molecule has 17 heavy (non-hydrogen) atoms. The number of hydrogen-bond acceptors (Lipinski definition) is 3. The Morgan fingerprint density at radius 3 is 2.76 bits per heavy atom. The molecule has 0 bridgehead atoms. The van der Waals surface area contributed by atoms with E-state index in [2.05, 4.69) is 4.98 Å². The van der Waals surface area contributed by atoms with Crippen LogP contribution in [0.2, 0.25) is 0 Å². The molecule has 2 N–H and O–H groups in total. The van der Waals surface area contributed by atoms with Gasteiger partial charge in [-0.25, -0.2) is 9.37 Å². The van der Waals surface area contributed by atoms with E-state index in [0.29, 0.717) is 18.4 Å². The molecule has 0 aliphatic rings. The van der Waals surface area contributed by atoms with E-state index in [-0.39, 0.29) is 11.9 Å². The molecule has 2 aromatic rings. The Labute approximate surface area is 104 Å². The third-order valence-corrected chi connectivity index (χ3v) is 3.53. The van der Waals surface area contributed by atoms with E-state index in [9.17, 15) is 4.39 Å². The van der Waals surface area contributed by atoms with E-state index in [4.69, 9.17) is 5.73 Å². The molecule has 0 saturated heterocycles. The Balaban J connectivity index is 1.98. The van der Waals surface area contributed by atoms with Gasteiger partial charge in [-0.15, -0.1) is 11.3 Å². The van der Waals surface area contributed by atoms with Gasteiger partial charge in [-0.05, 0) is 25.0 Å². The Kier molecular flexibility index (Phi) is 3.86. The molecule has 0 aliphatic heterocycles. The molecule has 1 heterocycles. The Morgan fingerprint density at radius 1 is 1.35 bits per heavy atom. The molecular weight excluding hydrogens is 235 g/mol. The van der Waals surface area contributed by atoms with Crippen molar-refractivity contribution in [2.45, 2.75) is 25.8 Å². The van der Waals surface area contributed by atoms with Crippen molar-refractivity contribution in [3.63, 3.8) is 0 Å². The van der Waals surface area contributed by atoms with Gasteiger partial charge >= 0.3 is 0 Å². The number of halogens is 1. The first-order chi connectivity index (χ1) is 8.15. The van der Waals surface area contributed by atoms with Crippen LogP contribution in [0.5, 0.6) is 0 Å². The van der Waals surface area contributed by atoms with Gasteiger partial charge in [0, 0.05) is 23.5 Å². The fourth-order valence-electron chi connectivity index (χ4n) is 1.74. The fraction of sp³-hybridized carbons (Fsp3) is 0.308. The molecule has 1 unspecified atom stereocenters. The maximum atomic E-state index is 13.4. The van der Waals surface area contributed by atoms with Crippen LogP contribution in [-0.4, -0.2) is 11.0 Å². The normalized spacial score (nSPS) is 12.6. The molecule has 0 radical (unpaired) electrons. The van der Waals surface area contributed by atoms with E-state index in [0.717, 1.165) is 10.7 Å². The number of benzene rings is 1. The van der Waals surface area contributed by atoms with Crippen LogP contribution in [0.4, 0.5) is 4.39 Å². The molecule has 1 aromatic carbocycles. The molecule has 2 nitrogen and oxygen atoms in total. The molecule has 4 heteroatoms. The van der Waals surface area contributed by atoms with Crippen LogP contribution in [0.3, 0.4) is 0 Å². The second-order valence-corrected chi connectivity index (χ2v) is 5.09. The zero-order chi connectivity index (χ0) is 12.3. The maximum absolute atomic E-state index is 13.4. The predicted molar refractivity (Wildman–Crippen MR) is 68.6 cm³/mol. The summed E-state index contributed by atoms with van der Waals surface area (Å²) in [5, 5.41) is 3.02. The highest BCUT2D eigenvalue weighted by Gasteiger charge is 2.10. The first kappa shape index (κ1) is 12.2. The van der Waals surface area contributed by atoms with E-state index < -0.39 is 0 Å². The molecular formula is C13H15FN2S. The minimum absolute atomic E-state index is 0.0857. The van der Waals surface area contributed by atoms with Crippen LogP contribution in [0.25, 0.3) is 0 Å². The third-order valence-electron chi connectivity index (χ3n) is 2.54. The maximum Gasteiger partial charge on any atom is 0.126 e. The van der Waals surface area contributed by atoms with Gasteiger partial charge in [-0.1, -0.05) is 18.2 Å². The smallest absolute Gasteiger partial charge is 0.126 e. The number of hydrogen-bond donors (Lipinski definition) is 1. The summed E-state index contributed by atoms with van der Waals surface area (Å²) >= 11 is 1.61.